The Morgan fingerprint density at radius 2 is 1.71 bits per heavy atom. The van der Waals surface area contributed by atoms with Crippen LogP contribution in [0.3, 0.4) is 0 Å². The highest BCUT2D eigenvalue weighted by Crippen LogP contribution is 2.37. The molecule has 8 heteroatoms. The van der Waals surface area contributed by atoms with Crippen LogP contribution in [0.25, 0.3) is 16.9 Å². The molecule has 0 spiro atoms. The van der Waals surface area contributed by atoms with E-state index < -0.39 is 12.3 Å². The van der Waals surface area contributed by atoms with Crippen molar-refractivity contribution in [1.29, 1.82) is 0 Å². The number of rotatable bonds is 6. The van der Waals surface area contributed by atoms with E-state index in [-0.39, 0.29) is 11.7 Å². The van der Waals surface area contributed by atoms with Gasteiger partial charge in [0.15, 0.2) is 6.23 Å². The SMILES string of the molecule is C[C@@H]1O[C@H](c2cn(-c3ccc(Br)cc3)nc2-c2ccc(F)cc2)N(CCc2ccc(N)cc2)C1=O. The molecule has 4 aromatic rings. The van der Waals surface area contributed by atoms with Crippen molar-refractivity contribution in [1.82, 2.24) is 14.7 Å². The van der Waals surface area contributed by atoms with E-state index in [0.29, 0.717) is 24.3 Å². The normalized spacial score (nSPS) is 17.8. The van der Waals surface area contributed by atoms with Crippen LogP contribution in [-0.2, 0) is 16.0 Å². The Morgan fingerprint density at radius 3 is 2.40 bits per heavy atom. The molecule has 178 valence electrons. The highest BCUT2D eigenvalue weighted by atomic mass is 79.9. The van der Waals surface area contributed by atoms with Crippen LogP contribution in [0.1, 0.15) is 24.3 Å². The lowest BCUT2D eigenvalue weighted by Crippen LogP contribution is -2.32. The number of anilines is 1. The molecule has 6 nitrogen and oxygen atoms in total. The molecule has 1 amide bonds. The van der Waals surface area contributed by atoms with E-state index in [4.69, 9.17) is 15.6 Å². The lowest BCUT2D eigenvalue weighted by Gasteiger charge is -2.23. The molecule has 0 saturated carbocycles. The second-order valence-electron chi connectivity index (χ2n) is 8.51. The smallest absolute Gasteiger partial charge is 0.253 e. The van der Waals surface area contributed by atoms with Gasteiger partial charge in [0.2, 0.25) is 0 Å². The molecule has 1 saturated heterocycles. The molecule has 1 aliphatic rings. The molecule has 0 unspecified atom stereocenters. The van der Waals surface area contributed by atoms with Crippen molar-refractivity contribution in [2.75, 3.05) is 12.3 Å². The van der Waals surface area contributed by atoms with Crippen molar-refractivity contribution in [2.45, 2.75) is 25.7 Å². The highest BCUT2D eigenvalue weighted by Gasteiger charge is 2.40. The number of hydrogen-bond acceptors (Lipinski definition) is 4. The van der Waals surface area contributed by atoms with Gasteiger partial charge >= 0.3 is 0 Å². The van der Waals surface area contributed by atoms with E-state index >= 15 is 0 Å². The second kappa shape index (κ2) is 9.64. The van der Waals surface area contributed by atoms with E-state index in [1.807, 2.05) is 54.7 Å². The summed E-state index contributed by atoms with van der Waals surface area (Å²) in [5, 5.41) is 4.81. The average molecular weight is 535 g/mol. The maximum atomic E-state index is 13.6. The minimum Gasteiger partial charge on any atom is -0.399 e. The molecule has 1 aromatic heterocycles. The molecule has 5 rings (SSSR count). The van der Waals surface area contributed by atoms with Gasteiger partial charge in [-0.3, -0.25) is 4.79 Å². The number of carbonyl (C=O) groups excluding carboxylic acids is 1. The number of benzene rings is 3. The summed E-state index contributed by atoms with van der Waals surface area (Å²) in [5.41, 5.74) is 10.6. The van der Waals surface area contributed by atoms with Gasteiger partial charge in [-0.15, -0.1) is 0 Å². The number of carbonyl (C=O) groups is 1. The first kappa shape index (κ1) is 23.3. The van der Waals surface area contributed by atoms with Gasteiger partial charge in [0.1, 0.15) is 17.6 Å². The zero-order valence-corrected chi connectivity index (χ0v) is 20.7. The number of aromatic nitrogens is 2. The van der Waals surface area contributed by atoms with Gasteiger partial charge in [-0.05, 0) is 79.6 Å². The maximum absolute atomic E-state index is 13.6. The van der Waals surface area contributed by atoms with Crippen molar-refractivity contribution in [3.8, 4) is 16.9 Å². The zero-order chi connectivity index (χ0) is 24.5. The third-order valence-corrected chi connectivity index (χ3v) is 6.61. The lowest BCUT2D eigenvalue weighted by atomic mass is 10.1. The van der Waals surface area contributed by atoms with Crippen LogP contribution in [0.15, 0.2) is 83.5 Å². The van der Waals surface area contributed by atoms with Crippen molar-refractivity contribution >= 4 is 27.5 Å². The van der Waals surface area contributed by atoms with Crippen LogP contribution in [-0.4, -0.2) is 33.2 Å². The topological polar surface area (TPSA) is 73.4 Å². The summed E-state index contributed by atoms with van der Waals surface area (Å²) < 4.78 is 22.5. The predicted octanol–water partition coefficient (Wildman–Crippen LogP) is 5.51. The van der Waals surface area contributed by atoms with Gasteiger partial charge in [0, 0.05) is 34.0 Å². The van der Waals surface area contributed by atoms with E-state index in [1.54, 1.807) is 28.6 Å². The summed E-state index contributed by atoms with van der Waals surface area (Å²) in [5.74, 6) is -0.402. The average Bonchev–Trinajstić information content (AvgIpc) is 3.41. The summed E-state index contributed by atoms with van der Waals surface area (Å²) in [6.45, 7) is 2.24. The molecule has 3 aromatic carbocycles. The summed E-state index contributed by atoms with van der Waals surface area (Å²) in [6, 6.07) is 21.6. The molecular formula is C27H24BrFN4O2. The van der Waals surface area contributed by atoms with E-state index in [1.165, 1.54) is 12.1 Å². The number of halogens is 2. The van der Waals surface area contributed by atoms with Gasteiger partial charge in [0.05, 0.1) is 5.69 Å². The van der Waals surface area contributed by atoms with Crippen LogP contribution in [0.5, 0.6) is 0 Å². The fraction of sp³-hybridized carbons (Fsp3) is 0.185. The van der Waals surface area contributed by atoms with Crippen molar-refractivity contribution < 1.29 is 13.9 Å². The first-order valence-electron chi connectivity index (χ1n) is 11.3. The third-order valence-electron chi connectivity index (χ3n) is 6.09. The van der Waals surface area contributed by atoms with Gasteiger partial charge in [-0.2, -0.15) is 5.10 Å². The van der Waals surface area contributed by atoms with Gasteiger partial charge in [0.25, 0.3) is 5.91 Å². The number of nitrogens with two attached hydrogens (primary N) is 1. The van der Waals surface area contributed by atoms with E-state index in [0.717, 1.165) is 26.9 Å². The Labute approximate surface area is 211 Å². The minimum absolute atomic E-state index is 0.0770. The number of hydrogen-bond donors (Lipinski definition) is 1. The fourth-order valence-electron chi connectivity index (χ4n) is 4.20. The standard InChI is InChI=1S/C27H24BrFN4O2/c1-17-26(34)32(15-14-18-2-10-22(30)11-3-18)27(35-17)24-16-33(23-12-6-20(28)7-13-23)31-25(24)19-4-8-21(29)9-5-19/h2-13,16-17,27H,14-15,30H2,1H3/t17-,27+/m0/s1. The van der Waals surface area contributed by atoms with E-state index in [2.05, 4.69) is 15.9 Å². The Kier molecular flexibility index (Phi) is 6.40. The summed E-state index contributed by atoms with van der Waals surface area (Å²) in [4.78, 5) is 14.8. The number of amides is 1. The fourth-order valence-corrected chi connectivity index (χ4v) is 4.47. The Hall–Kier alpha value is -3.49. The molecule has 35 heavy (non-hydrogen) atoms. The molecular weight excluding hydrogens is 511 g/mol. The Morgan fingerprint density at radius 1 is 1.03 bits per heavy atom. The monoisotopic (exact) mass is 534 g/mol. The zero-order valence-electron chi connectivity index (χ0n) is 19.1. The molecule has 1 fully saturated rings. The predicted molar refractivity (Wildman–Crippen MR) is 136 cm³/mol. The van der Waals surface area contributed by atoms with Crippen LogP contribution in [0.2, 0.25) is 0 Å². The number of nitrogens with zero attached hydrogens (tertiary/aromatic N) is 3. The first-order valence-corrected chi connectivity index (χ1v) is 12.1. The second-order valence-corrected chi connectivity index (χ2v) is 9.43. The first-order chi connectivity index (χ1) is 16.9. The molecule has 1 aliphatic heterocycles. The lowest BCUT2D eigenvalue weighted by molar-refractivity contribution is -0.130. The van der Waals surface area contributed by atoms with Crippen LogP contribution in [0, 0.1) is 5.82 Å². The Bertz CT molecular complexity index is 1340. The van der Waals surface area contributed by atoms with Gasteiger partial charge in [-0.25, -0.2) is 9.07 Å². The van der Waals surface area contributed by atoms with Crippen LogP contribution < -0.4 is 5.73 Å². The third kappa shape index (κ3) is 4.85. The number of nitrogen functional groups attached to an aromatic ring is 1. The Balaban J connectivity index is 1.53. The maximum Gasteiger partial charge on any atom is 0.253 e. The van der Waals surface area contributed by atoms with Gasteiger partial charge < -0.3 is 15.4 Å². The highest BCUT2D eigenvalue weighted by molar-refractivity contribution is 9.10. The number of ether oxygens (including phenoxy) is 1. The summed E-state index contributed by atoms with van der Waals surface area (Å²) in [7, 11) is 0. The molecule has 2 atom stereocenters. The van der Waals surface area contributed by atoms with Crippen molar-refractivity contribution in [2.24, 2.45) is 0 Å². The van der Waals surface area contributed by atoms with Crippen molar-refractivity contribution in [3.05, 3.63) is 100 Å². The van der Waals surface area contributed by atoms with Crippen LogP contribution >= 0.6 is 15.9 Å². The minimum atomic E-state index is -0.615. The molecule has 0 radical (unpaired) electrons. The van der Waals surface area contributed by atoms with Crippen molar-refractivity contribution in [3.63, 3.8) is 0 Å². The summed E-state index contributed by atoms with van der Waals surface area (Å²) in [6.07, 6.45) is 1.35. The van der Waals surface area contributed by atoms with Crippen LogP contribution in [0.4, 0.5) is 10.1 Å². The molecule has 2 heterocycles. The van der Waals surface area contributed by atoms with Gasteiger partial charge in [-0.1, -0.05) is 28.1 Å². The molecule has 0 bridgehead atoms. The molecule has 0 aliphatic carbocycles. The molecule has 2 N–H and O–H groups in total. The summed E-state index contributed by atoms with van der Waals surface area (Å²) >= 11 is 3.46. The largest absolute Gasteiger partial charge is 0.399 e. The van der Waals surface area contributed by atoms with E-state index in [9.17, 15) is 9.18 Å². The quantitative estimate of drug-likeness (QED) is 0.331.